The molecule has 0 fully saturated rings. The zero-order valence-electron chi connectivity index (χ0n) is 9.73. The number of nitrogens with two attached hydrogens (primary N) is 1. The van der Waals surface area contributed by atoms with Crippen molar-refractivity contribution >= 4 is 17.2 Å². The van der Waals surface area contributed by atoms with Crippen LogP contribution in [-0.2, 0) is 0 Å². The molecule has 5 heteroatoms. The van der Waals surface area contributed by atoms with Crippen molar-refractivity contribution in [2.75, 3.05) is 6.79 Å². The predicted molar refractivity (Wildman–Crippen MR) is 69.1 cm³/mol. The zero-order chi connectivity index (χ0) is 12.7. The summed E-state index contributed by atoms with van der Waals surface area (Å²) >= 11 is 1.35. The van der Waals surface area contributed by atoms with Gasteiger partial charge in [0.25, 0.3) is 5.91 Å². The third-order valence-electron chi connectivity index (χ3n) is 2.90. The van der Waals surface area contributed by atoms with E-state index in [-0.39, 0.29) is 6.79 Å². The second-order valence-corrected chi connectivity index (χ2v) is 4.96. The standard InChI is InChI=1S/C13H11NO3S/c1-7-4-10-11(17-6-16-10)5-9(7)8-2-3-18-12(8)13(14)15/h2-5H,6H2,1H3,(H2,14,15). The summed E-state index contributed by atoms with van der Waals surface area (Å²) in [6, 6.07) is 5.71. The minimum absolute atomic E-state index is 0.241. The summed E-state index contributed by atoms with van der Waals surface area (Å²) in [6.45, 7) is 2.21. The van der Waals surface area contributed by atoms with E-state index < -0.39 is 5.91 Å². The summed E-state index contributed by atoms with van der Waals surface area (Å²) in [6.07, 6.45) is 0. The Morgan fingerprint density at radius 2 is 2.00 bits per heavy atom. The average Bonchev–Trinajstić information content (AvgIpc) is 2.94. The Hall–Kier alpha value is -2.01. The molecule has 92 valence electrons. The Morgan fingerprint density at radius 1 is 1.28 bits per heavy atom. The number of carbonyl (C=O) groups is 1. The molecule has 1 aliphatic heterocycles. The highest BCUT2D eigenvalue weighted by Gasteiger charge is 2.19. The molecule has 2 N–H and O–H groups in total. The maximum absolute atomic E-state index is 11.4. The zero-order valence-corrected chi connectivity index (χ0v) is 10.5. The van der Waals surface area contributed by atoms with Crippen LogP contribution in [0.3, 0.4) is 0 Å². The monoisotopic (exact) mass is 261 g/mol. The van der Waals surface area contributed by atoms with Crippen molar-refractivity contribution in [3.8, 4) is 22.6 Å². The van der Waals surface area contributed by atoms with Crippen LogP contribution in [0.15, 0.2) is 23.6 Å². The van der Waals surface area contributed by atoms with Gasteiger partial charge in [-0.3, -0.25) is 4.79 Å². The summed E-state index contributed by atoms with van der Waals surface area (Å²) in [5.41, 5.74) is 8.21. The van der Waals surface area contributed by atoms with Gasteiger partial charge in [0.05, 0.1) is 4.88 Å². The lowest BCUT2D eigenvalue weighted by Gasteiger charge is -2.07. The molecule has 1 aliphatic rings. The predicted octanol–water partition coefficient (Wildman–Crippen LogP) is 2.55. The van der Waals surface area contributed by atoms with Crippen molar-refractivity contribution in [3.05, 3.63) is 34.0 Å². The van der Waals surface area contributed by atoms with Crippen LogP contribution in [0.4, 0.5) is 0 Å². The lowest BCUT2D eigenvalue weighted by Crippen LogP contribution is -2.09. The molecule has 2 heterocycles. The highest BCUT2D eigenvalue weighted by Crippen LogP contribution is 2.40. The molecule has 3 rings (SSSR count). The van der Waals surface area contributed by atoms with Crippen molar-refractivity contribution in [1.29, 1.82) is 0 Å². The maximum Gasteiger partial charge on any atom is 0.259 e. The van der Waals surface area contributed by atoms with Gasteiger partial charge in [-0.05, 0) is 41.6 Å². The molecule has 0 saturated carbocycles. The molecule has 0 spiro atoms. The fourth-order valence-electron chi connectivity index (χ4n) is 2.05. The summed E-state index contributed by atoms with van der Waals surface area (Å²) < 4.78 is 10.7. The Bertz CT molecular complexity index is 633. The Balaban J connectivity index is 2.17. The summed E-state index contributed by atoms with van der Waals surface area (Å²) in [4.78, 5) is 11.9. The number of fused-ring (bicyclic) bond motifs is 1. The van der Waals surface area contributed by atoms with E-state index in [9.17, 15) is 4.79 Å². The fourth-order valence-corrected chi connectivity index (χ4v) is 2.81. The van der Waals surface area contributed by atoms with Gasteiger partial charge >= 0.3 is 0 Å². The average molecular weight is 261 g/mol. The first kappa shape index (κ1) is 11.1. The normalized spacial score (nSPS) is 12.7. The third-order valence-corrected chi connectivity index (χ3v) is 3.83. The van der Waals surface area contributed by atoms with Gasteiger partial charge in [-0.2, -0.15) is 0 Å². The number of thiophene rings is 1. The number of benzene rings is 1. The molecule has 4 nitrogen and oxygen atoms in total. The van der Waals surface area contributed by atoms with Gasteiger partial charge in [-0.1, -0.05) is 0 Å². The number of hydrogen-bond acceptors (Lipinski definition) is 4. The summed E-state index contributed by atoms with van der Waals surface area (Å²) in [5.74, 6) is 1.04. The van der Waals surface area contributed by atoms with Crippen LogP contribution in [0.1, 0.15) is 15.2 Å². The first-order chi connectivity index (χ1) is 8.66. The van der Waals surface area contributed by atoms with Gasteiger partial charge < -0.3 is 15.2 Å². The fraction of sp³-hybridized carbons (Fsp3) is 0.154. The van der Waals surface area contributed by atoms with E-state index in [1.54, 1.807) is 0 Å². The van der Waals surface area contributed by atoms with Gasteiger partial charge in [0.1, 0.15) is 0 Å². The van der Waals surface area contributed by atoms with E-state index in [1.807, 2.05) is 30.5 Å². The van der Waals surface area contributed by atoms with Gasteiger partial charge in [-0.15, -0.1) is 11.3 Å². The number of carbonyl (C=O) groups excluding carboxylic acids is 1. The summed E-state index contributed by atoms with van der Waals surface area (Å²) in [7, 11) is 0. The molecular weight excluding hydrogens is 250 g/mol. The van der Waals surface area contributed by atoms with E-state index in [1.165, 1.54) is 11.3 Å². The quantitative estimate of drug-likeness (QED) is 0.903. The van der Waals surface area contributed by atoms with Crippen LogP contribution < -0.4 is 15.2 Å². The van der Waals surface area contributed by atoms with E-state index in [2.05, 4.69) is 0 Å². The first-order valence-corrected chi connectivity index (χ1v) is 6.32. The minimum Gasteiger partial charge on any atom is -0.454 e. The second-order valence-electron chi connectivity index (χ2n) is 4.05. The van der Waals surface area contributed by atoms with Crippen molar-refractivity contribution in [2.24, 2.45) is 5.73 Å². The van der Waals surface area contributed by atoms with Crippen LogP contribution in [0.5, 0.6) is 11.5 Å². The molecule has 0 saturated heterocycles. The number of hydrogen-bond donors (Lipinski definition) is 1. The van der Waals surface area contributed by atoms with E-state index in [4.69, 9.17) is 15.2 Å². The lowest BCUT2D eigenvalue weighted by atomic mass is 10.0. The molecule has 1 aromatic carbocycles. The SMILES string of the molecule is Cc1cc2c(cc1-c1ccsc1C(N)=O)OCO2. The van der Waals surface area contributed by atoms with Gasteiger partial charge in [0.2, 0.25) is 6.79 Å². The van der Waals surface area contributed by atoms with Crippen molar-refractivity contribution in [3.63, 3.8) is 0 Å². The Morgan fingerprint density at radius 3 is 2.72 bits per heavy atom. The molecule has 0 aliphatic carbocycles. The second kappa shape index (κ2) is 4.03. The van der Waals surface area contributed by atoms with E-state index >= 15 is 0 Å². The smallest absolute Gasteiger partial charge is 0.259 e. The highest BCUT2D eigenvalue weighted by atomic mass is 32.1. The molecule has 1 amide bonds. The van der Waals surface area contributed by atoms with Gasteiger partial charge in [0.15, 0.2) is 11.5 Å². The topological polar surface area (TPSA) is 61.6 Å². The molecule has 0 bridgehead atoms. The minimum atomic E-state index is -0.405. The molecule has 18 heavy (non-hydrogen) atoms. The van der Waals surface area contributed by atoms with E-state index in [0.29, 0.717) is 10.6 Å². The molecule has 1 aromatic heterocycles. The first-order valence-electron chi connectivity index (χ1n) is 5.44. The third kappa shape index (κ3) is 1.64. The van der Waals surface area contributed by atoms with Crippen LogP contribution in [0.2, 0.25) is 0 Å². The Labute approximate surface area is 108 Å². The summed E-state index contributed by atoms with van der Waals surface area (Å²) in [5, 5.41) is 1.86. The molecule has 0 atom stereocenters. The number of amides is 1. The van der Waals surface area contributed by atoms with Crippen molar-refractivity contribution < 1.29 is 14.3 Å². The van der Waals surface area contributed by atoms with Gasteiger partial charge in [0, 0.05) is 5.56 Å². The van der Waals surface area contributed by atoms with Crippen molar-refractivity contribution in [2.45, 2.75) is 6.92 Å². The number of aryl methyl sites for hydroxylation is 1. The Kier molecular flexibility index (Phi) is 2.48. The van der Waals surface area contributed by atoms with E-state index in [0.717, 1.165) is 22.4 Å². The maximum atomic E-state index is 11.4. The molecule has 2 aromatic rings. The largest absolute Gasteiger partial charge is 0.454 e. The number of ether oxygens (including phenoxy) is 2. The molecule has 0 radical (unpaired) electrons. The number of rotatable bonds is 2. The molecular formula is C13H11NO3S. The number of primary amides is 1. The van der Waals surface area contributed by atoms with Gasteiger partial charge in [-0.25, -0.2) is 0 Å². The van der Waals surface area contributed by atoms with Crippen LogP contribution in [0, 0.1) is 6.92 Å². The van der Waals surface area contributed by atoms with Crippen LogP contribution >= 0.6 is 11.3 Å². The van der Waals surface area contributed by atoms with Crippen LogP contribution in [0.25, 0.3) is 11.1 Å². The van der Waals surface area contributed by atoms with Crippen LogP contribution in [-0.4, -0.2) is 12.7 Å². The lowest BCUT2D eigenvalue weighted by molar-refractivity contribution is 0.100. The molecule has 0 unspecified atom stereocenters. The highest BCUT2D eigenvalue weighted by molar-refractivity contribution is 7.12. The van der Waals surface area contributed by atoms with Crippen molar-refractivity contribution in [1.82, 2.24) is 0 Å².